The third-order valence-corrected chi connectivity index (χ3v) is 2.81. The highest BCUT2D eigenvalue weighted by Gasteiger charge is 2.01. The molecule has 0 saturated heterocycles. The molecule has 0 aliphatic heterocycles. The van der Waals surface area contributed by atoms with Crippen molar-refractivity contribution in [2.24, 2.45) is 5.73 Å². The lowest BCUT2D eigenvalue weighted by molar-refractivity contribution is 1.05. The average Bonchev–Trinajstić information content (AvgIpc) is 2.30. The van der Waals surface area contributed by atoms with Crippen LogP contribution in [0.2, 0.25) is 0 Å². The van der Waals surface area contributed by atoms with Crippen LogP contribution in [0.15, 0.2) is 36.0 Å². The van der Waals surface area contributed by atoms with Crippen LogP contribution >= 0.6 is 0 Å². The topological polar surface area (TPSA) is 26.0 Å². The van der Waals surface area contributed by atoms with Gasteiger partial charge < -0.3 is 5.73 Å². The fraction of sp³-hybridized carbons (Fsp3) is 0.375. The quantitative estimate of drug-likeness (QED) is 0.809. The number of hydrogen-bond acceptors (Lipinski definition) is 1. The Bertz CT molecular complexity index is 414. The Hall–Kier alpha value is -1.50. The molecule has 92 valence electrons. The molecule has 0 aromatic heterocycles. The number of aryl methyl sites for hydroxylation is 1. The van der Waals surface area contributed by atoms with Gasteiger partial charge in [-0.25, -0.2) is 0 Å². The van der Waals surface area contributed by atoms with E-state index in [9.17, 15) is 0 Å². The van der Waals surface area contributed by atoms with Crippen LogP contribution in [0.1, 0.15) is 43.9 Å². The standard InChI is InChI=1S/C16H23N/c1-4-7-15-11-13(9-10-14(15)6-3)12-16(17)8-5-2/h4,7-11H,5-6,12,17H2,1-3H3/b7-4-,16-8+. The van der Waals surface area contributed by atoms with Gasteiger partial charge in [-0.05, 0) is 36.5 Å². The first-order valence-electron chi connectivity index (χ1n) is 6.40. The molecule has 0 spiro atoms. The molecule has 0 heterocycles. The third kappa shape index (κ3) is 4.10. The molecule has 1 rings (SSSR count). The summed E-state index contributed by atoms with van der Waals surface area (Å²) in [5.74, 6) is 0. The molecule has 1 nitrogen and oxygen atoms in total. The first kappa shape index (κ1) is 13.6. The fourth-order valence-electron chi connectivity index (χ4n) is 1.98. The van der Waals surface area contributed by atoms with E-state index in [1.807, 2.05) is 0 Å². The molecule has 1 heteroatoms. The Kier molecular flexibility index (Phi) is 5.55. The lowest BCUT2D eigenvalue weighted by atomic mass is 9.99. The minimum atomic E-state index is 0.850. The Balaban J connectivity index is 2.96. The highest BCUT2D eigenvalue weighted by molar-refractivity contribution is 5.55. The van der Waals surface area contributed by atoms with E-state index in [1.54, 1.807) is 0 Å². The van der Waals surface area contributed by atoms with Gasteiger partial charge in [0.25, 0.3) is 0 Å². The predicted octanol–water partition coefficient (Wildman–Crippen LogP) is 4.08. The normalized spacial score (nSPS) is 12.3. The Morgan fingerprint density at radius 3 is 2.65 bits per heavy atom. The number of hydrogen-bond donors (Lipinski definition) is 1. The second-order valence-electron chi connectivity index (χ2n) is 4.25. The summed E-state index contributed by atoms with van der Waals surface area (Å²) in [6, 6.07) is 6.64. The molecule has 0 saturated carbocycles. The second kappa shape index (κ2) is 6.95. The van der Waals surface area contributed by atoms with Crippen LogP contribution in [0.3, 0.4) is 0 Å². The van der Waals surface area contributed by atoms with Crippen molar-refractivity contribution in [3.63, 3.8) is 0 Å². The van der Waals surface area contributed by atoms with Crippen molar-refractivity contribution in [3.05, 3.63) is 52.7 Å². The first-order chi connectivity index (χ1) is 8.21. The molecule has 17 heavy (non-hydrogen) atoms. The second-order valence-corrected chi connectivity index (χ2v) is 4.25. The van der Waals surface area contributed by atoms with Crippen molar-refractivity contribution in [1.29, 1.82) is 0 Å². The minimum absolute atomic E-state index is 0.850. The Morgan fingerprint density at radius 2 is 2.06 bits per heavy atom. The van der Waals surface area contributed by atoms with E-state index in [4.69, 9.17) is 5.73 Å². The molecule has 1 aromatic carbocycles. The summed E-state index contributed by atoms with van der Waals surface area (Å²) in [5.41, 5.74) is 10.9. The van der Waals surface area contributed by atoms with E-state index in [0.717, 1.165) is 25.0 Å². The number of rotatable bonds is 5. The summed E-state index contributed by atoms with van der Waals surface area (Å²) in [4.78, 5) is 0. The molecule has 0 unspecified atom stereocenters. The van der Waals surface area contributed by atoms with Gasteiger partial charge in [-0.1, -0.05) is 50.3 Å². The Labute approximate surface area is 105 Å². The predicted molar refractivity (Wildman–Crippen MR) is 76.8 cm³/mol. The van der Waals surface area contributed by atoms with E-state index in [1.165, 1.54) is 16.7 Å². The summed E-state index contributed by atoms with van der Waals surface area (Å²) >= 11 is 0. The maximum atomic E-state index is 5.95. The van der Waals surface area contributed by atoms with Gasteiger partial charge in [-0.3, -0.25) is 0 Å². The molecule has 0 radical (unpaired) electrons. The summed E-state index contributed by atoms with van der Waals surface area (Å²) < 4.78 is 0. The van der Waals surface area contributed by atoms with Gasteiger partial charge >= 0.3 is 0 Å². The van der Waals surface area contributed by atoms with E-state index in [0.29, 0.717) is 0 Å². The van der Waals surface area contributed by atoms with Crippen molar-refractivity contribution < 1.29 is 0 Å². The van der Waals surface area contributed by atoms with Crippen molar-refractivity contribution in [2.45, 2.75) is 40.0 Å². The molecule has 2 N–H and O–H groups in total. The lowest BCUT2D eigenvalue weighted by Crippen LogP contribution is -2.02. The molecule has 0 aliphatic rings. The zero-order valence-electron chi connectivity index (χ0n) is 11.2. The van der Waals surface area contributed by atoms with E-state index >= 15 is 0 Å². The minimum Gasteiger partial charge on any atom is -0.402 e. The van der Waals surface area contributed by atoms with Gasteiger partial charge in [0, 0.05) is 12.1 Å². The van der Waals surface area contributed by atoms with Crippen molar-refractivity contribution in [3.8, 4) is 0 Å². The Morgan fingerprint density at radius 1 is 1.29 bits per heavy atom. The molecular formula is C16H23N. The maximum absolute atomic E-state index is 5.95. The summed E-state index contributed by atoms with van der Waals surface area (Å²) in [5, 5.41) is 0. The molecule has 0 fully saturated rings. The third-order valence-electron chi connectivity index (χ3n) is 2.81. The largest absolute Gasteiger partial charge is 0.402 e. The molecule has 0 aliphatic carbocycles. The summed E-state index contributed by atoms with van der Waals surface area (Å²) in [7, 11) is 0. The SMILES string of the molecule is C/C=C\c1cc(C/C(N)=C\CC)ccc1CC. The maximum Gasteiger partial charge on any atom is 0.0118 e. The molecule has 0 atom stereocenters. The van der Waals surface area contributed by atoms with E-state index in [2.05, 4.69) is 57.2 Å². The summed E-state index contributed by atoms with van der Waals surface area (Å²) in [6.07, 6.45) is 9.26. The van der Waals surface area contributed by atoms with Crippen LogP contribution in [0, 0.1) is 0 Å². The zero-order chi connectivity index (χ0) is 12.7. The highest BCUT2D eigenvalue weighted by Crippen LogP contribution is 2.16. The van der Waals surface area contributed by atoms with Crippen molar-refractivity contribution in [2.75, 3.05) is 0 Å². The van der Waals surface area contributed by atoms with Gasteiger partial charge in [0.2, 0.25) is 0 Å². The van der Waals surface area contributed by atoms with E-state index in [-0.39, 0.29) is 0 Å². The van der Waals surface area contributed by atoms with Crippen LogP contribution in [-0.4, -0.2) is 0 Å². The molecule has 0 bridgehead atoms. The van der Waals surface area contributed by atoms with Crippen LogP contribution in [0.5, 0.6) is 0 Å². The molecule has 1 aromatic rings. The van der Waals surface area contributed by atoms with E-state index < -0.39 is 0 Å². The highest BCUT2D eigenvalue weighted by atomic mass is 14.6. The van der Waals surface area contributed by atoms with Gasteiger partial charge in [0.15, 0.2) is 0 Å². The van der Waals surface area contributed by atoms with Crippen LogP contribution in [0.4, 0.5) is 0 Å². The van der Waals surface area contributed by atoms with Gasteiger partial charge in [0.1, 0.15) is 0 Å². The molecular weight excluding hydrogens is 206 g/mol. The average molecular weight is 229 g/mol. The van der Waals surface area contributed by atoms with Crippen LogP contribution in [0.25, 0.3) is 6.08 Å². The van der Waals surface area contributed by atoms with Crippen molar-refractivity contribution >= 4 is 6.08 Å². The summed E-state index contributed by atoms with van der Waals surface area (Å²) in [6.45, 7) is 6.35. The van der Waals surface area contributed by atoms with Gasteiger partial charge in [-0.2, -0.15) is 0 Å². The van der Waals surface area contributed by atoms with Crippen LogP contribution in [-0.2, 0) is 12.8 Å². The van der Waals surface area contributed by atoms with Crippen LogP contribution < -0.4 is 5.73 Å². The fourth-order valence-corrected chi connectivity index (χ4v) is 1.98. The zero-order valence-corrected chi connectivity index (χ0v) is 11.2. The van der Waals surface area contributed by atoms with Gasteiger partial charge in [-0.15, -0.1) is 0 Å². The number of nitrogens with two attached hydrogens (primary N) is 1. The lowest BCUT2D eigenvalue weighted by Gasteiger charge is -2.08. The molecule has 0 amide bonds. The number of benzene rings is 1. The first-order valence-corrected chi connectivity index (χ1v) is 6.40. The van der Waals surface area contributed by atoms with Crippen molar-refractivity contribution in [1.82, 2.24) is 0 Å². The van der Waals surface area contributed by atoms with Gasteiger partial charge in [0.05, 0.1) is 0 Å². The smallest absolute Gasteiger partial charge is 0.0118 e. The number of allylic oxidation sites excluding steroid dienone is 3. The monoisotopic (exact) mass is 229 g/mol.